The molecule has 2 aromatic rings. The highest BCUT2D eigenvalue weighted by Crippen LogP contribution is 2.33. The van der Waals surface area contributed by atoms with Gasteiger partial charge in [-0.3, -0.25) is 14.4 Å². The second-order valence-corrected chi connectivity index (χ2v) is 6.36. The van der Waals surface area contributed by atoms with E-state index in [0.29, 0.717) is 12.1 Å². The van der Waals surface area contributed by atoms with Gasteiger partial charge in [-0.1, -0.05) is 12.1 Å². The van der Waals surface area contributed by atoms with Gasteiger partial charge in [-0.2, -0.15) is 0 Å². The third-order valence-corrected chi connectivity index (χ3v) is 4.78. The number of nitrogens with zero attached hydrogens (tertiary/aromatic N) is 2. The lowest BCUT2D eigenvalue weighted by atomic mass is 9.89. The molecule has 0 unspecified atom stereocenters. The van der Waals surface area contributed by atoms with Crippen LogP contribution >= 0.6 is 0 Å². The monoisotopic (exact) mass is 358 g/mol. The fourth-order valence-corrected chi connectivity index (χ4v) is 3.38. The predicted molar refractivity (Wildman–Crippen MR) is 92.5 cm³/mol. The Labute approximate surface area is 149 Å². The van der Waals surface area contributed by atoms with Crippen molar-refractivity contribution in [1.29, 1.82) is 0 Å². The summed E-state index contributed by atoms with van der Waals surface area (Å²) in [6.45, 7) is 2.51. The van der Waals surface area contributed by atoms with E-state index in [9.17, 15) is 23.9 Å². The number of aromatic nitrogens is 1. The van der Waals surface area contributed by atoms with Crippen molar-refractivity contribution in [3.05, 3.63) is 69.9 Å². The van der Waals surface area contributed by atoms with E-state index in [0.717, 1.165) is 0 Å². The van der Waals surface area contributed by atoms with Crippen LogP contribution in [0.25, 0.3) is 0 Å². The van der Waals surface area contributed by atoms with E-state index in [1.807, 2.05) is 6.92 Å². The lowest BCUT2D eigenvalue weighted by Gasteiger charge is -2.17. The molecule has 0 aliphatic carbocycles. The van der Waals surface area contributed by atoms with Crippen molar-refractivity contribution < 1.29 is 19.1 Å². The number of carbonyl (C=O) groups is 2. The van der Waals surface area contributed by atoms with Crippen molar-refractivity contribution in [2.45, 2.75) is 19.4 Å². The molecule has 26 heavy (non-hydrogen) atoms. The molecule has 1 N–H and O–H groups in total. The highest BCUT2D eigenvalue weighted by Gasteiger charge is 2.40. The number of carboxylic acid groups (broad SMARTS) is 1. The van der Waals surface area contributed by atoms with Crippen molar-refractivity contribution in [3.8, 4) is 0 Å². The molecular formula is C19H19FN2O4. The van der Waals surface area contributed by atoms with Gasteiger partial charge in [0.1, 0.15) is 5.82 Å². The average molecular weight is 358 g/mol. The van der Waals surface area contributed by atoms with Crippen LogP contribution in [0.15, 0.2) is 47.4 Å². The van der Waals surface area contributed by atoms with Gasteiger partial charge in [0.25, 0.3) is 11.5 Å². The first-order valence-corrected chi connectivity index (χ1v) is 8.38. The Balaban J connectivity index is 1.87. The summed E-state index contributed by atoms with van der Waals surface area (Å²) in [5.74, 6) is -3.19. The number of carboxylic acids is 1. The molecule has 0 bridgehead atoms. The van der Waals surface area contributed by atoms with Gasteiger partial charge in [0.15, 0.2) is 0 Å². The van der Waals surface area contributed by atoms with Crippen LogP contribution in [0.1, 0.15) is 28.8 Å². The Hall–Kier alpha value is -2.96. The van der Waals surface area contributed by atoms with Gasteiger partial charge in [-0.15, -0.1) is 0 Å². The molecule has 1 aromatic heterocycles. The zero-order valence-corrected chi connectivity index (χ0v) is 14.3. The van der Waals surface area contributed by atoms with E-state index in [2.05, 4.69) is 0 Å². The molecule has 0 spiro atoms. The number of benzene rings is 1. The van der Waals surface area contributed by atoms with E-state index < -0.39 is 29.5 Å². The van der Waals surface area contributed by atoms with E-state index >= 15 is 0 Å². The lowest BCUT2D eigenvalue weighted by Crippen LogP contribution is -2.31. The second-order valence-electron chi connectivity index (χ2n) is 6.36. The van der Waals surface area contributed by atoms with E-state index in [1.54, 1.807) is 18.3 Å². The third-order valence-electron chi connectivity index (χ3n) is 4.78. The van der Waals surface area contributed by atoms with Gasteiger partial charge >= 0.3 is 5.97 Å². The molecule has 0 radical (unpaired) electrons. The number of aryl methyl sites for hydroxylation is 1. The number of hydrogen-bond donors (Lipinski definition) is 1. The van der Waals surface area contributed by atoms with E-state index in [1.165, 1.54) is 33.7 Å². The van der Waals surface area contributed by atoms with Gasteiger partial charge < -0.3 is 14.6 Å². The van der Waals surface area contributed by atoms with Crippen LogP contribution in [-0.2, 0) is 11.3 Å². The molecule has 2 atom stereocenters. The minimum Gasteiger partial charge on any atom is -0.481 e. The van der Waals surface area contributed by atoms with Crippen LogP contribution in [0.5, 0.6) is 0 Å². The summed E-state index contributed by atoms with van der Waals surface area (Å²) < 4.78 is 15.0. The van der Waals surface area contributed by atoms with Crippen LogP contribution in [0.2, 0.25) is 0 Å². The highest BCUT2D eigenvalue weighted by molar-refractivity contribution is 5.94. The maximum absolute atomic E-state index is 13.5. The molecule has 136 valence electrons. The molecule has 7 heteroatoms. The number of likely N-dealkylation sites (tertiary alicyclic amines) is 1. The SMILES string of the molecule is CCn1ccc(C(=O)N2C[C@H](C(=O)O)[C@@H](c3cccc(F)c3)C2)cc1=O. The molecule has 0 saturated carbocycles. The summed E-state index contributed by atoms with van der Waals surface area (Å²) in [5, 5.41) is 9.51. The van der Waals surface area contributed by atoms with Gasteiger partial charge in [0.05, 0.1) is 5.92 Å². The zero-order valence-electron chi connectivity index (χ0n) is 14.3. The predicted octanol–water partition coefficient (Wildman–Crippen LogP) is 1.95. The Kier molecular flexibility index (Phi) is 4.88. The molecule has 2 heterocycles. The largest absolute Gasteiger partial charge is 0.481 e. The van der Waals surface area contributed by atoms with Crippen molar-refractivity contribution in [2.24, 2.45) is 5.92 Å². The molecule has 1 saturated heterocycles. The highest BCUT2D eigenvalue weighted by atomic mass is 19.1. The number of carbonyl (C=O) groups excluding carboxylic acids is 1. The maximum Gasteiger partial charge on any atom is 0.308 e. The van der Waals surface area contributed by atoms with Crippen LogP contribution in [0.4, 0.5) is 4.39 Å². The van der Waals surface area contributed by atoms with Crippen LogP contribution in [0, 0.1) is 11.7 Å². The Morgan fingerprint density at radius 2 is 2.00 bits per heavy atom. The van der Waals surface area contributed by atoms with Gasteiger partial charge in [-0.25, -0.2) is 4.39 Å². The summed E-state index contributed by atoms with van der Waals surface area (Å²) in [6, 6.07) is 8.60. The Bertz CT molecular complexity index is 908. The fraction of sp³-hybridized carbons (Fsp3) is 0.316. The molecule has 1 aromatic carbocycles. The van der Waals surface area contributed by atoms with Crippen LogP contribution in [-0.4, -0.2) is 39.5 Å². The standard InChI is InChI=1S/C19H19FN2O4/c1-2-21-7-6-13(9-17(21)23)18(24)22-10-15(16(11-22)19(25)26)12-4-3-5-14(20)8-12/h3-9,15-16H,2,10-11H2,1H3,(H,25,26)/t15-,16+/m1/s1. The number of amides is 1. The summed E-state index contributed by atoms with van der Waals surface area (Å²) in [6.07, 6.45) is 1.55. The van der Waals surface area contributed by atoms with Crippen molar-refractivity contribution in [3.63, 3.8) is 0 Å². The van der Waals surface area contributed by atoms with Crippen molar-refractivity contribution in [2.75, 3.05) is 13.1 Å². The Morgan fingerprint density at radius 3 is 2.62 bits per heavy atom. The summed E-state index contributed by atoms with van der Waals surface area (Å²) >= 11 is 0. The molecule has 1 amide bonds. The quantitative estimate of drug-likeness (QED) is 0.906. The average Bonchev–Trinajstić information content (AvgIpc) is 3.06. The first-order valence-electron chi connectivity index (χ1n) is 8.38. The number of hydrogen-bond acceptors (Lipinski definition) is 3. The summed E-state index contributed by atoms with van der Waals surface area (Å²) in [7, 11) is 0. The second kappa shape index (κ2) is 7.11. The maximum atomic E-state index is 13.5. The number of rotatable bonds is 4. The first-order chi connectivity index (χ1) is 12.4. The van der Waals surface area contributed by atoms with Crippen LogP contribution in [0.3, 0.4) is 0 Å². The van der Waals surface area contributed by atoms with Gasteiger partial charge in [-0.05, 0) is 30.7 Å². The first kappa shape index (κ1) is 17.8. The van der Waals surface area contributed by atoms with Crippen molar-refractivity contribution >= 4 is 11.9 Å². The molecular weight excluding hydrogens is 339 g/mol. The number of aliphatic carboxylic acids is 1. The number of halogens is 1. The number of pyridine rings is 1. The zero-order chi connectivity index (χ0) is 18.8. The smallest absolute Gasteiger partial charge is 0.308 e. The van der Waals surface area contributed by atoms with E-state index in [-0.39, 0.29) is 24.2 Å². The van der Waals surface area contributed by atoms with Gasteiger partial charge in [0.2, 0.25) is 0 Å². The topological polar surface area (TPSA) is 79.6 Å². The van der Waals surface area contributed by atoms with Crippen molar-refractivity contribution in [1.82, 2.24) is 9.47 Å². The molecule has 3 rings (SSSR count). The third kappa shape index (κ3) is 3.37. The minimum absolute atomic E-state index is 0.0200. The summed E-state index contributed by atoms with van der Waals surface area (Å²) in [5.41, 5.74) is 0.492. The molecule has 1 aliphatic rings. The lowest BCUT2D eigenvalue weighted by molar-refractivity contribution is -0.141. The Morgan fingerprint density at radius 1 is 1.23 bits per heavy atom. The normalized spacial score (nSPS) is 19.5. The molecule has 1 fully saturated rings. The molecule has 1 aliphatic heterocycles. The van der Waals surface area contributed by atoms with E-state index in [4.69, 9.17) is 0 Å². The fourth-order valence-electron chi connectivity index (χ4n) is 3.38. The minimum atomic E-state index is -1.03. The van der Waals surface area contributed by atoms with Crippen LogP contribution < -0.4 is 5.56 Å². The van der Waals surface area contributed by atoms with Gasteiger partial charge in [0, 0.05) is 43.4 Å². The summed E-state index contributed by atoms with van der Waals surface area (Å²) in [4.78, 5) is 37.7. The molecule has 6 nitrogen and oxygen atoms in total.